The quantitative estimate of drug-likeness (QED) is 0.153. The van der Waals surface area contributed by atoms with E-state index in [1.54, 1.807) is 0 Å². The lowest BCUT2D eigenvalue weighted by Gasteiger charge is -2.39. The molecule has 0 fully saturated rings. The van der Waals surface area contributed by atoms with Crippen molar-refractivity contribution in [2.75, 3.05) is 0 Å². The van der Waals surface area contributed by atoms with Crippen LogP contribution in [0, 0.1) is 11.3 Å². The Morgan fingerprint density at radius 2 is 1.21 bits per heavy atom. The van der Waals surface area contributed by atoms with Gasteiger partial charge in [0, 0.05) is 0 Å². The van der Waals surface area contributed by atoms with Gasteiger partial charge in [0.2, 0.25) is 10.5 Å². The minimum Gasteiger partial charge on any atom is -0.528 e. The lowest BCUT2D eigenvalue weighted by Crippen LogP contribution is -2.40. The van der Waals surface area contributed by atoms with Crippen LogP contribution >= 0.6 is 0 Å². The Hall–Kier alpha value is -0.313. The third-order valence-corrected chi connectivity index (χ3v) is 6.96. The highest BCUT2D eigenvalue weighted by Crippen LogP contribution is 2.44. The number of carbonyl (C=O) groups is 1. The first-order valence-corrected chi connectivity index (χ1v) is 13.5. The fraction of sp³-hybridized carbons (Fsp3) is 0.960. The number of unbranched alkanes of at least 4 members (excludes halogenated alkanes) is 10. The van der Waals surface area contributed by atoms with E-state index < -0.39 is 0 Å². The molecule has 0 N–H and O–H groups in total. The van der Waals surface area contributed by atoms with Crippen molar-refractivity contribution < 1.29 is 9.22 Å². The summed E-state index contributed by atoms with van der Waals surface area (Å²) >= 11 is 0. The molecule has 3 heteroatoms. The van der Waals surface area contributed by atoms with Gasteiger partial charge in [-0.1, -0.05) is 118 Å². The van der Waals surface area contributed by atoms with Crippen LogP contribution in [0.1, 0.15) is 143 Å². The Kier molecular flexibility index (Phi) is 18.5. The van der Waals surface area contributed by atoms with Crippen LogP contribution < -0.4 is 0 Å². The molecule has 0 rings (SSSR count). The van der Waals surface area contributed by atoms with Gasteiger partial charge in [-0.2, -0.15) is 0 Å². The van der Waals surface area contributed by atoms with Gasteiger partial charge in [0.1, 0.15) is 0 Å². The summed E-state index contributed by atoms with van der Waals surface area (Å²) in [6, 6.07) is 0. The zero-order valence-electron chi connectivity index (χ0n) is 20.1. The summed E-state index contributed by atoms with van der Waals surface area (Å²) in [5.41, 5.74) is -0.208. The summed E-state index contributed by atoms with van der Waals surface area (Å²) < 4.78 is 5.55. The van der Waals surface area contributed by atoms with Crippen LogP contribution in [0.25, 0.3) is 0 Å². The molecule has 0 aliphatic rings. The van der Waals surface area contributed by atoms with E-state index in [1.165, 1.54) is 96.3 Å². The number of rotatable bonds is 20. The van der Waals surface area contributed by atoms with Crippen molar-refractivity contribution >= 4 is 16.5 Å². The molecule has 0 spiro atoms. The van der Waals surface area contributed by atoms with Crippen molar-refractivity contribution in [3.63, 3.8) is 0 Å². The molecule has 0 aromatic carbocycles. The van der Waals surface area contributed by atoms with Gasteiger partial charge in [-0.15, -0.1) is 0 Å². The zero-order chi connectivity index (χ0) is 21.1. The fourth-order valence-corrected chi connectivity index (χ4v) is 5.40. The summed E-state index contributed by atoms with van der Waals surface area (Å²) in [6.45, 7) is 9.06. The highest BCUT2D eigenvalue weighted by molar-refractivity contribution is 6.06. The van der Waals surface area contributed by atoms with E-state index in [1.807, 2.05) is 0 Å². The number of carbonyl (C=O) groups excluding carboxylic acids is 1. The molecule has 28 heavy (non-hydrogen) atoms. The van der Waals surface area contributed by atoms with E-state index in [4.69, 9.17) is 4.43 Å². The van der Waals surface area contributed by atoms with Crippen molar-refractivity contribution in [2.24, 2.45) is 11.3 Å². The smallest absolute Gasteiger partial charge is 0.298 e. The molecule has 0 aliphatic carbocycles. The Balaban J connectivity index is 4.96. The van der Waals surface area contributed by atoms with E-state index in [9.17, 15) is 4.79 Å². The van der Waals surface area contributed by atoms with E-state index in [0.717, 1.165) is 19.3 Å². The van der Waals surface area contributed by atoms with Crippen LogP contribution in [0.15, 0.2) is 0 Å². The van der Waals surface area contributed by atoms with E-state index in [0.29, 0.717) is 16.4 Å². The second-order valence-corrected chi connectivity index (χ2v) is 9.37. The summed E-state index contributed by atoms with van der Waals surface area (Å²) in [5, 5.41) is 0. The largest absolute Gasteiger partial charge is 0.528 e. The minimum atomic E-state index is -0.208. The van der Waals surface area contributed by atoms with Crippen LogP contribution in [0.4, 0.5) is 0 Å². The Labute approximate surface area is 180 Å². The third-order valence-electron chi connectivity index (χ3n) is 6.59. The van der Waals surface area contributed by atoms with E-state index >= 15 is 0 Å². The normalized spacial score (nSPS) is 14.7. The van der Waals surface area contributed by atoms with Crippen LogP contribution in [-0.2, 0) is 9.22 Å². The summed E-state index contributed by atoms with van der Waals surface area (Å²) in [7, 11) is 0.529. The van der Waals surface area contributed by atoms with Crippen LogP contribution in [-0.4, -0.2) is 16.5 Å². The third kappa shape index (κ3) is 11.0. The molecule has 0 aromatic heterocycles. The van der Waals surface area contributed by atoms with Crippen molar-refractivity contribution in [3.8, 4) is 0 Å². The van der Waals surface area contributed by atoms with Crippen molar-refractivity contribution in [3.05, 3.63) is 0 Å². The molecule has 2 atom stereocenters. The maximum absolute atomic E-state index is 13.1. The number of hydrogen-bond acceptors (Lipinski definition) is 2. The summed E-state index contributed by atoms with van der Waals surface area (Å²) in [6.07, 6.45) is 22.5. The Morgan fingerprint density at radius 1 is 0.679 bits per heavy atom. The minimum absolute atomic E-state index is 0.138. The molecule has 0 amide bonds. The molecular formula is C25H52O2Si. The Bertz CT molecular complexity index is 358. The Morgan fingerprint density at radius 3 is 1.71 bits per heavy atom. The van der Waals surface area contributed by atoms with Crippen molar-refractivity contribution in [2.45, 2.75) is 143 Å². The molecule has 0 bridgehead atoms. The van der Waals surface area contributed by atoms with Crippen molar-refractivity contribution in [1.29, 1.82) is 0 Å². The highest BCUT2D eigenvalue weighted by atomic mass is 28.2. The van der Waals surface area contributed by atoms with E-state index in [2.05, 4.69) is 27.7 Å². The highest BCUT2D eigenvalue weighted by Gasteiger charge is 2.44. The molecule has 2 nitrogen and oxygen atoms in total. The van der Waals surface area contributed by atoms with Crippen LogP contribution in [0.3, 0.4) is 0 Å². The second kappa shape index (κ2) is 18.7. The molecule has 0 aliphatic heterocycles. The van der Waals surface area contributed by atoms with Gasteiger partial charge in [-0.25, -0.2) is 0 Å². The average Bonchev–Trinajstić information content (AvgIpc) is 2.70. The molecule has 0 heterocycles. The first-order valence-electron chi connectivity index (χ1n) is 12.7. The first kappa shape index (κ1) is 27.7. The molecular weight excluding hydrogens is 360 g/mol. The van der Waals surface area contributed by atoms with Crippen LogP contribution in [0.2, 0.25) is 0 Å². The summed E-state index contributed by atoms with van der Waals surface area (Å²) in [5.74, 6) is 0.653. The summed E-state index contributed by atoms with van der Waals surface area (Å²) in [4.78, 5) is 13.1. The lowest BCUT2D eigenvalue weighted by molar-refractivity contribution is -0.151. The van der Waals surface area contributed by atoms with Gasteiger partial charge in [0.05, 0.1) is 5.41 Å². The lowest BCUT2D eigenvalue weighted by atomic mass is 9.65. The molecule has 0 saturated heterocycles. The molecule has 2 unspecified atom stereocenters. The molecule has 0 saturated carbocycles. The van der Waals surface area contributed by atoms with Gasteiger partial charge in [0.15, 0.2) is 0 Å². The average molecular weight is 413 g/mol. The standard InChI is InChI=1S/C25H52O2Si/c1-5-9-11-13-15-17-20-23(19-7-3)25(21-8-4,24(26)27-28)22-18-16-14-12-10-6-2/h23H,5-22H2,1-4,28H3. The van der Waals surface area contributed by atoms with Crippen molar-refractivity contribution in [1.82, 2.24) is 0 Å². The maximum atomic E-state index is 13.1. The topological polar surface area (TPSA) is 26.3 Å². The second-order valence-electron chi connectivity index (χ2n) is 8.96. The van der Waals surface area contributed by atoms with Crippen LogP contribution in [0.5, 0.6) is 0 Å². The zero-order valence-corrected chi connectivity index (χ0v) is 22.1. The molecule has 168 valence electrons. The maximum Gasteiger partial charge on any atom is 0.298 e. The van der Waals surface area contributed by atoms with Gasteiger partial charge < -0.3 is 4.43 Å². The monoisotopic (exact) mass is 412 g/mol. The predicted octanol–water partition coefficient (Wildman–Crippen LogP) is 7.51. The fourth-order valence-electron chi connectivity index (χ4n) is 4.99. The van der Waals surface area contributed by atoms with Gasteiger partial charge in [-0.05, 0) is 31.6 Å². The van der Waals surface area contributed by atoms with Gasteiger partial charge in [-0.3, -0.25) is 4.79 Å². The van der Waals surface area contributed by atoms with E-state index in [-0.39, 0.29) is 11.4 Å². The SMILES string of the molecule is CCCCCCCCC(CCC)C(CCC)(CCCCCCCC)C(=O)O[SiH3]. The molecule has 0 aromatic rings. The molecule has 0 radical (unpaired) electrons. The van der Waals surface area contributed by atoms with Gasteiger partial charge >= 0.3 is 0 Å². The predicted molar refractivity (Wildman–Crippen MR) is 128 cm³/mol. The number of hydrogen-bond donors (Lipinski definition) is 0. The van der Waals surface area contributed by atoms with Gasteiger partial charge in [0.25, 0.3) is 5.97 Å². The first-order chi connectivity index (χ1) is 13.6.